The fraction of sp³-hybridized carbons (Fsp3) is 0.462. The molecule has 0 amide bonds. The number of hydrogen-bond acceptors (Lipinski definition) is 4. The molecule has 1 atom stereocenters. The van der Waals surface area contributed by atoms with Crippen LogP contribution in [0.15, 0.2) is 21.2 Å². The number of furan rings is 1. The van der Waals surface area contributed by atoms with Crippen molar-refractivity contribution in [1.29, 1.82) is 0 Å². The van der Waals surface area contributed by atoms with Gasteiger partial charge in [-0.25, -0.2) is 4.98 Å². The van der Waals surface area contributed by atoms with Crippen LogP contribution in [-0.4, -0.2) is 11.5 Å². The SMILES string of the molecule is CCNC(Cc1nc(C)c(C)s1)c1ccc(Br)o1. The van der Waals surface area contributed by atoms with E-state index >= 15 is 0 Å². The van der Waals surface area contributed by atoms with E-state index in [4.69, 9.17) is 4.42 Å². The lowest BCUT2D eigenvalue weighted by Gasteiger charge is -2.13. The Kier molecular flexibility index (Phi) is 4.59. The van der Waals surface area contributed by atoms with Gasteiger partial charge in [0.2, 0.25) is 0 Å². The molecule has 1 unspecified atom stereocenters. The summed E-state index contributed by atoms with van der Waals surface area (Å²) in [5.74, 6) is 0.953. The summed E-state index contributed by atoms with van der Waals surface area (Å²) in [6, 6.07) is 4.12. The predicted molar refractivity (Wildman–Crippen MR) is 78.1 cm³/mol. The third-order valence-electron chi connectivity index (χ3n) is 2.84. The van der Waals surface area contributed by atoms with Crippen molar-refractivity contribution in [2.45, 2.75) is 33.2 Å². The van der Waals surface area contributed by atoms with Crippen LogP contribution in [0.5, 0.6) is 0 Å². The summed E-state index contributed by atoms with van der Waals surface area (Å²) in [6.45, 7) is 7.18. The van der Waals surface area contributed by atoms with Crippen molar-refractivity contribution in [3.05, 3.63) is 38.1 Å². The number of aromatic nitrogens is 1. The second-order valence-corrected chi connectivity index (χ2v) is 6.27. The van der Waals surface area contributed by atoms with E-state index in [9.17, 15) is 0 Å². The molecule has 0 saturated carbocycles. The summed E-state index contributed by atoms with van der Waals surface area (Å²) in [7, 11) is 0. The summed E-state index contributed by atoms with van der Waals surface area (Å²) in [6.07, 6.45) is 0.868. The first-order chi connectivity index (χ1) is 8.60. The zero-order valence-corrected chi connectivity index (χ0v) is 13.2. The van der Waals surface area contributed by atoms with Crippen molar-refractivity contribution in [3.8, 4) is 0 Å². The Labute approximate surface area is 120 Å². The summed E-state index contributed by atoms with van der Waals surface area (Å²) < 4.78 is 6.41. The number of nitrogens with one attached hydrogen (secondary N) is 1. The Balaban J connectivity index is 2.15. The molecular weight excluding hydrogens is 312 g/mol. The number of rotatable bonds is 5. The van der Waals surface area contributed by atoms with E-state index in [0.29, 0.717) is 0 Å². The minimum Gasteiger partial charge on any atom is -0.453 e. The summed E-state index contributed by atoms with van der Waals surface area (Å²) in [5.41, 5.74) is 1.13. The van der Waals surface area contributed by atoms with Crippen LogP contribution in [0.2, 0.25) is 0 Å². The molecule has 2 aromatic rings. The van der Waals surface area contributed by atoms with Gasteiger partial charge < -0.3 is 9.73 Å². The Morgan fingerprint density at radius 3 is 2.72 bits per heavy atom. The molecular formula is C13H17BrN2OS. The highest BCUT2D eigenvalue weighted by Crippen LogP contribution is 2.26. The molecule has 0 fully saturated rings. The first kappa shape index (κ1) is 13.8. The number of hydrogen-bond donors (Lipinski definition) is 1. The Morgan fingerprint density at radius 1 is 1.44 bits per heavy atom. The maximum Gasteiger partial charge on any atom is 0.169 e. The van der Waals surface area contributed by atoms with Crippen molar-refractivity contribution in [1.82, 2.24) is 10.3 Å². The predicted octanol–water partition coefficient (Wildman–Crippen LogP) is 4.01. The minimum atomic E-state index is 0.186. The highest BCUT2D eigenvalue weighted by atomic mass is 79.9. The van der Waals surface area contributed by atoms with Gasteiger partial charge in [0.05, 0.1) is 16.7 Å². The van der Waals surface area contributed by atoms with Gasteiger partial charge in [-0.15, -0.1) is 11.3 Å². The monoisotopic (exact) mass is 328 g/mol. The van der Waals surface area contributed by atoms with Crippen molar-refractivity contribution in [2.75, 3.05) is 6.54 Å². The Hall–Kier alpha value is -0.650. The second-order valence-electron chi connectivity index (χ2n) is 4.21. The van der Waals surface area contributed by atoms with Gasteiger partial charge in [-0.1, -0.05) is 6.92 Å². The first-order valence-corrected chi connectivity index (χ1v) is 7.62. The quantitative estimate of drug-likeness (QED) is 0.901. The molecule has 0 aliphatic carbocycles. The topological polar surface area (TPSA) is 38.1 Å². The van der Waals surface area contributed by atoms with Crippen LogP contribution < -0.4 is 5.32 Å². The average molecular weight is 329 g/mol. The van der Waals surface area contributed by atoms with E-state index < -0.39 is 0 Å². The van der Waals surface area contributed by atoms with Crippen molar-refractivity contribution >= 4 is 27.3 Å². The van der Waals surface area contributed by atoms with Crippen LogP contribution in [0.25, 0.3) is 0 Å². The normalized spacial score (nSPS) is 12.9. The van der Waals surface area contributed by atoms with Gasteiger partial charge in [-0.2, -0.15) is 0 Å². The minimum absolute atomic E-state index is 0.186. The van der Waals surface area contributed by atoms with Crippen LogP contribution >= 0.6 is 27.3 Å². The smallest absolute Gasteiger partial charge is 0.169 e. The molecule has 18 heavy (non-hydrogen) atoms. The molecule has 0 spiro atoms. The van der Waals surface area contributed by atoms with E-state index in [1.54, 1.807) is 11.3 Å². The first-order valence-electron chi connectivity index (χ1n) is 6.01. The van der Waals surface area contributed by atoms with Crippen LogP contribution in [-0.2, 0) is 6.42 Å². The van der Waals surface area contributed by atoms with Crippen molar-refractivity contribution < 1.29 is 4.42 Å². The van der Waals surface area contributed by atoms with E-state index in [0.717, 1.165) is 34.1 Å². The maximum atomic E-state index is 5.64. The summed E-state index contributed by atoms with van der Waals surface area (Å²) in [5, 5.41) is 4.60. The molecule has 0 aliphatic rings. The zero-order chi connectivity index (χ0) is 13.1. The second kappa shape index (κ2) is 5.99. The molecule has 1 N–H and O–H groups in total. The molecule has 2 heterocycles. The highest BCUT2D eigenvalue weighted by molar-refractivity contribution is 9.10. The summed E-state index contributed by atoms with van der Waals surface area (Å²) >= 11 is 5.11. The molecule has 0 aromatic carbocycles. The number of halogens is 1. The van der Waals surface area contributed by atoms with Gasteiger partial charge in [0.1, 0.15) is 5.76 Å². The fourth-order valence-electron chi connectivity index (χ4n) is 1.84. The van der Waals surface area contributed by atoms with E-state index in [-0.39, 0.29) is 6.04 Å². The number of likely N-dealkylation sites (N-methyl/N-ethyl adjacent to an activating group) is 1. The molecule has 3 nitrogen and oxygen atoms in total. The zero-order valence-electron chi connectivity index (χ0n) is 10.8. The van der Waals surface area contributed by atoms with Gasteiger partial charge in [0.15, 0.2) is 4.67 Å². The highest BCUT2D eigenvalue weighted by Gasteiger charge is 2.17. The Bertz CT molecular complexity index is 501. The lowest BCUT2D eigenvalue weighted by molar-refractivity contribution is 0.405. The average Bonchev–Trinajstić information content (AvgIpc) is 2.86. The molecule has 0 radical (unpaired) electrons. The van der Waals surface area contributed by atoms with Crippen LogP contribution in [0.4, 0.5) is 0 Å². The molecule has 2 rings (SSSR count). The van der Waals surface area contributed by atoms with Gasteiger partial charge >= 0.3 is 0 Å². The number of thiazole rings is 1. The lowest BCUT2D eigenvalue weighted by Crippen LogP contribution is -2.22. The van der Waals surface area contributed by atoms with E-state index in [1.165, 1.54) is 4.88 Å². The van der Waals surface area contributed by atoms with Gasteiger partial charge in [-0.3, -0.25) is 0 Å². The standard InChI is InChI=1S/C13H17BrN2OS/c1-4-15-10(11-5-6-12(14)17-11)7-13-16-8(2)9(3)18-13/h5-6,10,15H,4,7H2,1-3H3. The number of nitrogens with zero attached hydrogens (tertiary/aromatic N) is 1. The van der Waals surface area contributed by atoms with E-state index in [2.05, 4.69) is 47.0 Å². The molecule has 5 heteroatoms. The largest absolute Gasteiger partial charge is 0.453 e. The maximum absolute atomic E-state index is 5.64. The van der Waals surface area contributed by atoms with Crippen molar-refractivity contribution in [3.63, 3.8) is 0 Å². The fourth-order valence-corrected chi connectivity index (χ4v) is 3.13. The molecule has 98 valence electrons. The Morgan fingerprint density at radius 2 is 2.22 bits per heavy atom. The van der Waals surface area contributed by atoms with Gasteiger partial charge in [-0.05, 0) is 48.5 Å². The summed E-state index contributed by atoms with van der Waals surface area (Å²) in [4.78, 5) is 5.88. The van der Waals surface area contributed by atoms with Crippen LogP contribution in [0, 0.1) is 13.8 Å². The molecule has 2 aromatic heterocycles. The third kappa shape index (κ3) is 3.22. The van der Waals surface area contributed by atoms with Gasteiger partial charge in [0, 0.05) is 11.3 Å². The van der Waals surface area contributed by atoms with E-state index in [1.807, 2.05) is 12.1 Å². The molecule has 0 aliphatic heterocycles. The molecule has 0 saturated heterocycles. The van der Waals surface area contributed by atoms with Crippen molar-refractivity contribution in [2.24, 2.45) is 0 Å². The van der Waals surface area contributed by atoms with Crippen LogP contribution in [0.3, 0.4) is 0 Å². The lowest BCUT2D eigenvalue weighted by atomic mass is 10.1. The van der Waals surface area contributed by atoms with Crippen LogP contribution in [0.1, 0.15) is 34.3 Å². The molecule has 0 bridgehead atoms. The van der Waals surface area contributed by atoms with Gasteiger partial charge in [0.25, 0.3) is 0 Å². The third-order valence-corrected chi connectivity index (χ3v) is 4.36. The number of aryl methyl sites for hydroxylation is 2.